The Labute approximate surface area is 149 Å². The van der Waals surface area contributed by atoms with Crippen LogP contribution in [-0.2, 0) is 19.1 Å². The minimum atomic E-state index is -0.584. The lowest BCUT2D eigenvalue weighted by Gasteiger charge is -2.23. The molecule has 0 radical (unpaired) electrons. The molecule has 0 spiro atoms. The van der Waals surface area contributed by atoms with E-state index in [0.717, 1.165) is 10.2 Å². The van der Waals surface area contributed by atoms with Crippen molar-refractivity contribution >= 4 is 33.6 Å². The van der Waals surface area contributed by atoms with Crippen LogP contribution in [0.4, 0.5) is 5.69 Å². The summed E-state index contributed by atoms with van der Waals surface area (Å²) in [6.45, 7) is 3.86. The van der Waals surface area contributed by atoms with E-state index in [2.05, 4.69) is 15.9 Å². The molecule has 1 heterocycles. The van der Waals surface area contributed by atoms with Crippen LogP contribution in [0.25, 0.3) is 0 Å². The molecule has 0 saturated heterocycles. The predicted octanol–water partition coefficient (Wildman–Crippen LogP) is 3.72. The first-order valence-electron chi connectivity index (χ1n) is 7.56. The molecule has 0 atom stereocenters. The van der Waals surface area contributed by atoms with Crippen molar-refractivity contribution in [3.63, 3.8) is 0 Å². The second kappa shape index (κ2) is 8.49. The number of benzene rings is 1. The largest absolute Gasteiger partial charge is 0.462 e. The SMILES string of the molecule is CCOC(=O)C1=C(C(=O)OCC)N(c2ccc(Br)cc2)C=CC=C1. The van der Waals surface area contributed by atoms with E-state index in [4.69, 9.17) is 9.47 Å². The second-order valence-corrected chi connectivity index (χ2v) is 5.67. The van der Waals surface area contributed by atoms with E-state index in [1.54, 1.807) is 43.2 Å². The number of anilines is 1. The molecule has 0 aromatic heterocycles. The maximum Gasteiger partial charge on any atom is 0.356 e. The van der Waals surface area contributed by atoms with E-state index < -0.39 is 11.9 Å². The first-order chi connectivity index (χ1) is 11.6. The molecule has 1 aliphatic rings. The average molecular weight is 392 g/mol. The molecule has 1 aromatic carbocycles. The summed E-state index contributed by atoms with van der Waals surface area (Å²) in [5, 5.41) is 0. The fourth-order valence-corrected chi connectivity index (χ4v) is 2.43. The van der Waals surface area contributed by atoms with Gasteiger partial charge >= 0.3 is 11.9 Å². The third-order valence-electron chi connectivity index (χ3n) is 3.17. The molecule has 2 rings (SSSR count). The monoisotopic (exact) mass is 391 g/mol. The molecule has 0 amide bonds. The summed E-state index contributed by atoms with van der Waals surface area (Å²) in [6, 6.07) is 7.38. The highest BCUT2D eigenvalue weighted by molar-refractivity contribution is 9.10. The maximum absolute atomic E-state index is 12.5. The number of esters is 2. The molecule has 0 unspecified atom stereocenters. The number of nitrogens with zero attached hydrogens (tertiary/aromatic N) is 1. The molecule has 126 valence electrons. The third-order valence-corrected chi connectivity index (χ3v) is 3.70. The van der Waals surface area contributed by atoms with Crippen LogP contribution in [0.5, 0.6) is 0 Å². The van der Waals surface area contributed by atoms with Crippen molar-refractivity contribution < 1.29 is 19.1 Å². The molecule has 0 N–H and O–H groups in total. The number of allylic oxidation sites excluding steroid dienone is 2. The fraction of sp³-hybridized carbons (Fsp3) is 0.222. The lowest BCUT2D eigenvalue weighted by Crippen LogP contribution is -2.27. The highest BCUT2D eigenvalue weighted by Crippen LogP contribution is 2.27. The summed E-state index contributed by atoms with van der Waals surface area (Å²) < 4.78 is 11.1. The van der Waals surface area contributed by atoms with Crippen LogP contribution >= 0.6 is 15.9 Å². The Kier molecular flexibility index (Phi) is 6.37. The Morgan fingerprint density at radius 2 is 1.62 bits per heavy atom. The Balaban J connectivity index is 2.57. The standard InChI is InChI=1S/C18H18BrNO4/c1-3-23-17(21)15-7-5-6-12-20(16(15)18(22)24-4-2)14-10-8-13(19)9-11-14/h5-12H,3-4H2,1-2H3. The van der Waals surface area contributed by atoms with Gasteiger partial charge in [-0.15, -0.1) is 0 Å². The summed E-state index contributed by atoms with van der Waals surface area (Å²) in [5.74, 6) is -1.15. The number of rotatable bonds is 5. The van der Waals surface area contributed by atoms with E-state index in [1.807, 2.05) is 24.3 Å². The predicted molar refractivity (Wildman–Crippen MR) is 95.2 cm³/mol. The topological polar surface area (TPSA) is 55.8 Å². The van der Waals surface area contributed by atoms with Crippen molar-refractivity contribution in [1.29, 1.82) is 0 Å². The highest BCUT2D eigenvalue weighted by Gasteiger charge is 2.27. The van der Waals surface area contributed by atoms with Crippen molar-refractivity contribution in [3.8, 4) is 0 Å². The molecule has 0 saturated carbocycles. The number of halogens is 1. The molecule has 1 aliphatic heterocycles. The van der Waals surface area contributed by atoms with Crippen molar-refractivity contribution in [2.45, 2.75) is 13.8 Å². The van der Waals surface area contributed by atoms with Crippen LogP contribution in [0.15, 0.2) is 64.4 Å². The summed E-state index contributed by atoms with van der Waals surface area (Å²) in [5.41, 5.74) is 1.01. The summed E-state index contributed by atoms with van der Waals surface area (Å²) >= 11 is 3.38. The van der Waals surface area contributed by atoms with Gasteiger partial charge in [0.15, 0.2) is 0 Å². The van der Waals surface area contributed by atoms with E-state index in [1.165, 1.54) is 0 Å². The van der Waals surface area contributed by atoms with Crippen LogP contribution in [0, 0.1) is 0 Å². The van der Waals surface area contributed by atoms with Gasteiger partial charge in [0.05, 0.1) is 18.8 Å². The van der Waals surface area contributed by atoms with E-state index in [0.29, 0.717) is 0 Å². The quantitative estimate of drug-likeness (QED) is 0.715. The first kappa shape index (κ1) is 18.0. The van der Waals surface area contributed by atoms with Crippen LogP contribution < -0.4 is 4.90 Å². The number of hydrogen-bond acceptors (Lipinski definition) is 5. The Morgan fingerprint density at radius 3 is 2.25 bits per heavy atom. The van der Waals surface area contributed by atoms with E-state index >= 15 is 0 Å². The van der Waals surface area contributed by atoms with Crippen LogP contribution in [0.1, 0.15) is 13.8 Å². The number of carbonyl (C=O) groups is 2. The Bertz CT molecular complexity index is 704. The van der Waals surface area contributed by atoms with Gasteiger partial charge in [-0.1, -0.05) is 22.0 Å². The number of carbonyl (C=O) groups excluding carboxylic acids is 2. The van der Waals surface area contributed by atoms with E-state index in [9.17, 15) is 9.59 Å². The Hall–Kier alpha value is -2.34. The zero-order chi connectivity index (χ0) is 17.5. The van der Waals surface area contributed by atoms with Crippen LogP contribution in [0.2, 0.25) is 0 Å². The maximum atomic E-state index is 12.5. The molecule has 6 heteroatoms. The third kappa shape index (κ3) is 4.14. The minimum Gasteiger partial charge on any atom is -0.462 e. The van der Waals surface area contributed by atoms with Crippen LogP contribution in [0.3, 0.4) is 0 Å². The van der Waals surface area contributed by atoms with Gasteiger partial charge in [-0.3, -0.25) is 0 Å². The summed E-state index contributed by atoms with van der Waals surface area (Å²) in [4.78, 5) is 26.4. The molecule has 1 aromatic rings. The van der Waals surface area contributed by atoms with Crippen LogP contribution in [-0.4, -0.2) is 25.2 Å². The van der Waals surface area contributed by atoms with Crippen molar-refractivity contribution in [2.24, 2.45) is 0 Å². The fourth-order valence-electron chi connectivity index (χ4n) is 2.17. The normalized spacial score (nSPS) is 13.7. The number of hydrogen-bond donors (Lipinski definition) is 0. The van der Waals surface area contributed by atoms with E-state index in [-0.39, 0.29) is 24.5 Å². The summed E-state index contributed by atoms with van der Waals surface area (Å²) in [7, 11) is 0. The molecule has 0 aliphatic carbocycles. The summed E-state index contributed by atoms with van der Waals surface area (Å²) in [6.07, 6.45) is 6.69. The zero-order valence-electron chi connectivity index (χ0n) is 13.5. The van der Waals surface area contributed by atoms with Gasteiger partial charge in [0.1, 0.15) is 5.70 Å². The minimum absolute atomic E-state index is 0.127. The molecule has 0 bridgehead atoms. The lowest BCUT2D eigenvalue weighted by molar-refractivity contribution is -0.141. The van der Waals surface area contributed by atoms with Gasteiger partial charge < -0.3 is 14.4 Å². The average Bonchev–Trinajstić information content (AvgIpc) is 2.79. The molecule has 0 fully saturated rings. The van der Waals surface area contributed by atoms with Crippen molar-refractivity contribution in [1.82, 2.24) is 0 Å². The zero-order valence-corrected chi connectivity index (χ0v) is 15.1. The van der Waals surface area contributed by atoms with Crippen molar-refractivity contribution in [2.75, 3.05) is 18.1 Å². The van der Waals surface area contributed by atoms with Crippen molar-refractivity contribution in [3.05, 3.63) is 64.4 Å². The van der Waals surface area contributed by atoms with Gasteiger partial charge in [-0.25, -0.2) is 9.59 Å². The van der Waals surface area contributed by atoms with Gasteiger partial charge in [0.25, 0.3) is 0 Å². The number of ether oxygens (including phenoxy) is 2. The Morgan fingerprint density at radius 1 is 1.00 bits per heavy atom. The first-order valence-corrected chi connectivity index (χ1v) is 8.36. The van der Waals surface area contributed by atoms with Gasteiger partial charge in [-0.2, -0.15) is 0 Å². The lowest BCUT2D eigenvalue weighted by atomic mass is 10.1. The smallest absolute Gasteiger partial charge is 0.356 e. The van der Waals surface area contributed by atoms with Gasteiger partial charge in [0.2, 0.25) is 0 Å². The highest BCUT2D eigenvalue weighted by atomic mass is 79.9. The second-order valence-electron chi connectivity index (χ2n) is 4.75. The molecular weight excluding hydrogens is 374 g/mol. The van der Waals surface area contributed by atoms with Gasteiger partial charge in [-0.05, 0) is 50.3 Å². The molecule has 24 heavy (non-hydrogen) atoms. The molecule has 5 nitrogen and oxygen atoms in total. The van der Waals surface area contributed by atoms with Gasteiger partial charge in [0, 0.05) is 16.4 Å². The molecular formula is C18H18BrNO4.